The van der Waals surface area contributed by atoms with Gasteiger partial charge in [0.25, 0.3) is 0 Å². The Kier molecular flexibility index (Phi) is 8.17. The molecule has 0 bridgehead atoms. The van der Waals surface area contributed by atoms with E-state index in [1.54, 1.807) is 0 Å². The number of nitrogens with one attached hydrogen (secondary N) is 1. The van der Waals surface area contributed by atoms with Gasteiger partial charge in [0.1, 0.15) is 5.41 Å². The van der Waals surface area contributed by atoms with E-state index in [0.29, 0.717) is 19.6 Å². The van der Waals surface area contributed by atoms with E-state index in [1.165, 1.54) is 18.9 Å². The minimum Gasteiger partial charge on any atom is -0.373 e. The number of nitrogens with zero attached hydrogens (tertiary/aromatic N) is 2. The number of halogens is 5. The highest BCUT2D eigenvalue weighted by atomic mass is 19.4. The van der Waals surface area contributed by atoms with E-state index < -0.39 is 42.3 Å². The molecule has 3 saturated heterocycles. The molecule has 34 heavy (non-hydrogen) atoms. The molecule has 2 amide bonds. The van der Waals surface area contributed by atoms with Gasteiger partial charge in [-0.05, 0) is 38.5 Å². The van der Waals surface area contributed by atoms with E-state index in [4.69, 9.17) is 4.74 Å². The standard InChI is InChI=1S/C23H36F5N3O3/c1-3-22(24,25)7-4-5-12-30(2)19(33)21(23(26,27)28)9-13-31(14-10-21)18(32)17-6-8-20(16-29-17)11-15-34-20/h17,29H,3-16H2,1-2H3/t17-,20+/m0/s1. The van der Waals surface area contributed by atoms with Gasteiger partial charge in [0.05, 0.1) is 18.2 Å². The van der Waals surface area contributed by atoms with Crippen LogP contribution in [0.15, 0.2) is 0 Å². The van der Waals surface area contributed by atoms with Gasteiger partial charge in [-0.25, -0.2) is 8.78 Å². The average molecular weight is 498 g/mol. The van der Waals surface area contributed by atoms with Gasteiger partial charge in [0.15, 0.2) is 0 Å². The van der Waals surface area contributed by atoms with E-state index in [-0.39, 0.29) is 56.8 Å². The molecule has 0 unspecified atom stereocenters. The van der Waals surface area contributed by atoms with Gasteiger partial charge in [-0.1, -0.05) is 6.92 Å². The van der Waals surface area contributed by atoms with Gasteiger partial charge in [-0.2, -0.15) is 13.2 Å². The third-order valence-corrected chi connectivity index (χ3v) is 7.85. The lowest BCUT2D eigenvalue weighted by Gasteiger charge is -2.48. The zero-order chi connectivity index (χ0) is 25.2. The van der Waals surface area contributed by atoms with Crippen molar-refractivity contribution in [2.75, 3.05) is 39.8 Å². The monoisotopic (exact) mass is 497 g/mol. The van der Waals surface area contributed by atoms with E-state index in [9.17, 15) is 31.5 Å². The number of piperidine rings is 2. The van der Waals surface area contributed by atoms with Crippen LogP contribution in [-0.2, 0) is 14.3 Å². The summed E-state index contributed by atoms with van der Waals surface area (Å²) in [4.78, 5) is 28.3. The molecular weight excluding hydrogens is 461 g/mol. The lowest BCUT2D eigenvalue weighted by atomic mass is 9.76. The summed E-state index contributed by atoms with van der Waals surface area (Å²) < 4.78 is 74.8. The molecule has 3 heterocycles. The number of amides is 2. The first kappa shape index (κ1) is 27.1. The molecule has 6 nitrogen and oxygen atoms in total. The maximum absolute atomic E-state index is 14.1. The fourth-order valence-corrected chi connectivity index (χ4v) is 5.17. The van der Waals surface area contributed by atoms with Crippen LogP contribution < -0.4 is 5.32 Å². The summed E-state index contributed by atoms with van der Waals surface area (Å²) >= 11 is 0. The van der Waals surface area contributed by atoms with Crippen molar-refractivity contribution >= 4 is 11.8 Å². The van der Waals surface area contributed by atoms with Crippen LogP contribution >= 0.6 is 0 Å². The van der Waals surface area contributed by atoms with Crippen LogP contribution in [0.5, 0.6) is 0 Å². The highest BCUT2D eigenvalue weighted by Crippen LogP contribution is 2.48. The first-order valence-electron chi connectivity index (χ1n) is 12.2. The molecule has 0 aromatic rings. The molecule has 0 aromatic carbocycles. The quantitative estimate of drug-likeness (QED) is 0.410. The number of ether oxygens (including phenoxy) is 1. The van der Waals surface area contributed by atoms with Crippen LogP contribution in [0.1, 0.15) is 64.7 Å². The maximum Gasteiger partial charge on any atom is 0.403 e. The number of likely N-dealkylation sites (tertiary alicyclic amines) is 1. The molecule has 11 heteroatoms. The van der Waals surface area contributed by atoms with Gasteiger partial charge < -0.3 is 19.9 Å². The fraction of sp³-hybridized carbons (Fsp3) is 0.913. The highest BCUT2D eigenvalue weighted by molar-refractivity contribution is 5.85. The largest absolute Gasteiger partial charge is 0.403 e. The second-order valence-corrected chi connectivity index (χ2v) is 10.1. The van der Waals surface area contributed by atoms with Crippen LogP contribution in [-0.4, -0.2) is 85.2 Å². The predicted octanol–water partition coefficient (Wildman–Crippen LogP) is 3.74. The molecule has 1 N–H and O–H groups in total. The van der Waals surface area contributed by atoms with E-state index in [1.807, 2.05) is 0 Å². The topological polar surface area (TPSA) is 61.9 Å². The van der Waals surface area contributed by atoms with Gasteiger partial charge in [-0.3, -0.25) is 9.59 Å². The van der Waals surface area contributed by atoms with Crippen molar-refractivity contribution in [3.8, 4) is 0 Å². The van der Waals surface area contributed by atoms with Crippen molar-refractivity contribution in [3.63, 3.8) is 0 Å². The SMILES string of the molecule is CCC(F)(F)CCCCN(C)C(=O)C1(C(F)(F)F)CCN(C(=O)[C@@H]2CC[C@@]3(CCO3)CN2)CC1. The van der Waals surface area contributed by atoms with Gasteiger partial charge in [-0.15, -0.1) is 0 Å². The van der Waals surface area contributed by atoms with Crippen molar-refractivity contribution in [3.05, 3.63) is 0 Å². The Morgan fingerprint density at radius 2 is 1.74 bits per heavy atom. The van der Waals surface area contributed by atoms with Gasteiger partial charge >= 0.3 is 6.18 Å². The van der Waals surface area contributed by atoms with Crippen LogP contribution in [0.3, 0.4) is 0 Å². The lowest BCUT2D eigenvalue weighted by molar-refractivity contribution is -0.238. The Morgan fingerprint density at radius 3 is 2.21 bits per heavy atom. The van der Waals surface area contributed by atoms with Crippen molar-refractivity contribution in [2.45, 2.75) is 88.5 Å². The first-order valence-corrected chi connectivity index (χ1v) is 12.2. The van der Waals surface area contributed by atoms with Crippen LogP contribution in [0, 0.1) is 5.41 Å². The van der Waals surface area contributed by atoms with E-state index in [0.717, 1.165) is 17.7 Å². The third-order valence-electron chi connectivity index (χ3n) is 7.85. The van der Waals surface area contributed by atoms with Gasteiger partial charge in [0.2, 0.25) is 17.7 Å². The summed E-state index contributed by atoms with van der Waals surface area (Å²) in [6.45, 7) is 2.32. The minimum atomic E-state index is -4.76. The summed E-state index contributed by atoms with van der Waals surface area (Å²) in [6.07, 6.45) is -3.83. The predicted molar refractivity (Wildman–Crippen MR) is 115 cm³/mol. The van der Waals surface area contributed by atoms with Crippen LogP contribution in [0.4, 0.5) is 22.0 Å². The number of hydrogen-bond donors (Lipinski definition) is 1. The molecule has 3 aliphatic heterocycles. The van der Waals surface area contributed by atoms with Crippen molar-refractivity contribution < 1.29 is 36.3 Å². The van der Waals surface area contributed by atoms with Crippen molar-refractivity contribution in [1.29, 1.82) is 0 Å². The van der Waals surface area contributed by atoms with Crippen molar-refractivity contribution in [1.82, 2.24) is 15.1 Å². The zero-order valence-electron chi connectivity index (χ0n) is 20.0. The van der Waals surface area contributed by atoms with Crippen molar-refractivity contribution in [2.24, 2.45) is 5.41 Å². The molecule has 3 aliphatic rings. The Morgan fingerprint density at radius 1 is 1.09 bits per heavy atom. The second kappa shape index (κ2) is 10.2. The fourth-order valence-electron chi connectivity index (χ4n) is 5.17. The molecule has 3 rings (SSSR count). The molecule has 2 atom stereocenters. The Hall–Kier alpha value is -1.49. The lowest BCUT2D eigenvalue weighted by Crippen LogP contribution is -2.62. The number of unbranched alkanes of at least 4 members (excludes halogenated alkanes) is 1. The number of carbonyl (C=O) groups excluding carboxylic acids is 2. The summed E-state index contributed by atoms with van der Waals surface area (Å²) in [6, 6.07) is -0.451. The molecule has 0 saturated carbocycles. The third kappa shape index (κ3) is 5.66. The molecular formula is C23H36F5N3O3. The summed E-state index contributed by atoms with van der Waals surface area (Å²) in [5, 5.41) is 3.18. The molecule has 1 spiro atoms. The number of hydrogen-bond acceptors (Lipinski definition) is 4. The number of rotatable bonds is 8. The molecule has 0 radical (unpaired) electrons. The summed E-state index contributed by atoms with van der Waals surface area (Å²) in [7, 11) is 1.29. The second-order valence-electron chi connectivity index (χ2n) is 10.1. The summed E-state index contributed by atoms with van der Waals surface area (Å²) in [5.41, 5.74) is -2.76. The number of alkyl halides is 5. The Labute approximate surface area is 197 Å². The van der Waals surface area contributed by atoms with E-state index >= 15 is 0 Å². The average Bonchev–Trinajstić information content (AvgIpc) is 2.79. The minimum absolute atomic E-state index is 0.0189. The summed E-state index contributed by atoms with van der Waals surface area (Å²) in [5.74, 6) is -4.08. The molecule has 0 aromatic heterocycles. The van der Waals surface area contributed by atoms with Crippen LogP contribution in [0.2, 0.25) is 0 Å². The smallest absolute Gasteiger partial charge is 0.373 e. The zero-order valence-corrected chi connectivity index (χ0v) is 20.0. The first-order chi connectivity index (χ1) is 15.8. The van der Waals surface area contributed by atoms with E-state index in [2.05, 4.69) is 5.32 Å². The van der Waals surface area contributed by atoms with Gasteiger partial charge in [0, 0.05) is 52.5 Å². The maximum atomic E-state index is 14.1. The number of carbonyl (C=O) groups is 2. The Bertz CT molecular complexity index is 724. The normalized spacial score (nSPS) is 27.4. The highest BCUT2D eigenvalue weighted by Gasteiger charge is 2.62. The van der Waals surface area contributed by atoms with Crippen LogP contribution in [0.25, 0.3) is 0 Å². The molecule has 0 aliphatic carbocycles. The Balaban J connectivity index is 1.54. The molecule has 3 fully saturated rings. The molecule has 196 valence electrons.